The van der Waals surface area contributed by atoms with Gasteiger partial charge in [0, 0.05) is 34.6 Å². The molecule has 0 atom stereocenters. The van der Waals surface area contributed by atoms with Crippen molar-refractivity contribution < 1.29 is 23.9 Å². The molecule has 1 aromatic heterocycles. The van der Waals surface area contributed by atoms with Crippen molar-refractivity contribution in [2.75, 3.05) is 5.32 Å². The van der Waals surface area contributed by atoms with Crippen molar-refractivity contribution in [3.63, 3.8) is 0 Å². The number of H-pyrrole nitrogens is 1. The van der Waals surface area contributed by atoms with E-state index in [-0.39, 0.29) is 30.1 Å². The number of anilines is 1. The number of aliphatic carboxylic acids is 1. The molecule has 0 bridgehead atoms. The summed E-state index contributed by atoms with van der Waals surface area (Å²) in [5, 5.41) is 11.6. The Morgan fingerprint density at radius 1 is 1.31 bits per heavy atom. The van der Waals surface area contributed by atoms with Gasteiger partial charge in [0.25, 0.3) is 5.91 Å². The summed E-state index contributed by atoms with van der Waals surface area (Å²) in [6.07, 6.45) is 1.54. The van der Waals surface area contributed by atoms with Crippen LogP contribution in [0.3, 0.4) is 0 Å². The molecule has 6 nitrogen and oxygen atoms in total. The molecule has 0 fully saturated rings. The molecule has 1 aliphatic rings. The second-order valence-electron chi connectivity index (χ2n) is 6.17. The standard InChI is InChI=1S/C19H17FN2O4/c1-9-18(10(2)23)12(4-6-17(24)25)16(21-9)8-14-13-7-11(20)3-5-15(13)22-19(14)26/h3,5,7-8,21H,4,6H2,1-2H3,(H,22,26)(H,24,25)/b14-8-. The van der Waals surface area contributed by atoms with Crippen molar-refractivity contribution >= 4 is 35.0 Å². The Kier molecular flexibility index (Phi) is 4.46. The van der Waals surface area contributed by atoms with Gasteiger partial charge in [-0.3, -0.25) is 14.4 Å². The van der Waals surface area contributed by atoms with Crippen LogP contribution in [0.4, 0.5) is 10.1 Å². The monoisotopic (exact) mass is 356 g/mol. The molecule has 2 aromatic rings. The van der Waals surface area contributed by atoms with Gasteiger partial charge >= 0.3 is 5.97 Å². The van der Waals surface area contributed by atoms with E-state index >= 15 is 0 Å². The van der Waals surface area contributed by atoms with Crippen molar-refractivity contribution in [2.24, 2.45) is 0 Å². The molecule has 1 amide bonds. The molecule has 0 spiro atoms. The molecule has 1 aromatic carbocycles. The first-order valence-corrected chi connectivity index (χ1v) is 8.05. The Labute approximate surface area is 148 Å². The van der Waals surface area contributed by atoms with Crippen LogP contribution in [0.2, 0.25) is 0 Å². The fraction of sp³-hybridized carbons (Fsp3) is 0.211. The number of ketones is 1. The van der Waals surface area contributed by atoms with Crippen LogP contribution < -0.4 is 5.32 Å². The van der Waals surface area contributed by atoms with Gasteiger partial charge in [-0.2, -0.15) is 0 Å². The molecule has 134 valence electrons. The zero-order valence-electron chi connectivity index (χ0n) is 14.3. The van der Waals surface area contributed by atoms with Gasteiger partial charge < -0.3 is 15.4 Å². The maximum absolute atomic E-state index is 13.6. The maximum atomic E-state index is 13.6. The van der Waals surface area contributed by atoms with Crippen LogP contribution in [0.15, 0.2) is 18.2 Å². The lowest BCUT2D eigenvalue weighted by Crippen LogP contribution is -2.05. The first kappa shape index (κ1) is 17.6. The summed E-state index contributed by atoms with van der Waals surface area (Å²) in [4.78, 5) is 38.2. The summed E-state index contributed by atoms with van der Waals surface area (Å²) < 4.78 is 13.6. The molecular formula is C19H17FN2O4. The van der Waals surface area contributed by atoms with E-state index in [0.717, 1.165) is 0 Å². The van der Waals surface area contributed by atoms with Gasteiger partial charge in [-0.15, -0.1) is 0 Å². The average Bonchev–Trinajstić information content (AvgIpc) is 3.03. The largest absolute Gasteiger partial charge is 0.481 e. The third-order valence-electron chi connectivity index (χ3n) is 4.32. The van der Waals surface area contributed by atoms with E-state index in [1.54, 1.807) is 6.92 Å². The first-order chi connectivity index (χ1) is 12.3. The quantitative estimate of drug-likeness (QED) is 0.566. The third kappa shape index (κ3) is 3.15. The second kappa shape index (κ2) is 6.59. The van der Waals surface area contributed by atoms with Crippen LogP contribution in [0, 0.1) is 12.7 Å². The van der Waals surface area contributed by atoms with Crippen LogP contribution >= 0.6 is 0 Å². The molecular weight excluding hydrogens is 339 g/mol. The highest BCUT2D eigenvalue weighted by molar-refractivity contribution is 6.34. The number of hydrogen-bond acceptors (Lipinski definition) is 3. The Bertz CT molecular complexity index is 972. The van der Waals surface area contributed by atoms with E-state index < -0.39 is 11.8 Å². The summed E-state index contributed by atoms with van der Waals surface area (Å²) in [5.74, 6) is -2.02. The summed E-state index contributed by atoms with van der Waals surface area (Å²) in [7, 11) is 0. The van der Waals surface area contributed by atoms with E-state index in [1.165, 1.54) is 31.2 Å². The number of fused-ring (bicyclic) bond motifs is 1. The maximum Gasteiger partial charge on any atom is 0.303 e. The van der Waals surface area contributed by atoms with Crippen LogP contribution in [-0.2, 0) is 16.0 Å². The Morgan fingerprint density at radius 2 is 2.04 bits per heavy atom. The first-order valence-electron chi connectivity index (χ1n) is 8.05. The second-order valence-corrected chi connectivity index (χ2v) is 6.17. The highest BCUT2D eigenvalue weighted by Crippen LogP contribution is 2.34. The van der Waals surface area contributed by atoms with Gasteiger partial charge in [0.1, 0.15) is 5.82 Å². The van der Waals surface area contributed by atoms with E-state index in [1.807, 2.05) is 0 Å². The molecule has 0 saturated heterocycles. The van der Waals surface area contributed by atoms with E-state index in [9.17, 15) is 18.8 Å². The zero-order valence-corrected chi connectivity index (χ0v) is 14.3. The zero-order chi connectivity index (χ0) is 19.0. The number of aromatic nitrogens is 1. The fourth-order valence-corrected chi connectivity index (χ4v) is 3.24. The number of aryl methyl sites for hydroxylation is 1. The number of nitrogens with one attached hydrogen (secondary N) is 2. The molecule has 2 heterocycles. The van der Waals surface area contributed by atoms with E-state index in [2.05, 4.69) is 10.3 Å². The Hall–Kier alpha value is -3.22. The van der Waals surface area contributed by atoms with Gasteiger partial charge in [-0.1, -0.05) is 0 Å². The number of rotatable bonds is 5. The number of amides is 1. The van der Waals surface area contributed by atoms with Crippen molar-refractivity contribution in [3.8, 4) is 0 Å². The van der Waals surface area contributed by atoms with Crippen molar-refractivity contribution in [2.45, 2.75) is 26.7 Å². The normalized spacial score (nSPS) is 14.4. The minimum Gasteiger partial charge on any atom is -0.481 e. The Morgan fingerprint density at radius 3 is 2.69 bits per heavy atom. The Balaban J connectivity index is 2.13. The number of carboxylic acids is 1. The number of carboxylic acid groups (broad SMARTS) is 1. The van der Waals surface area contributed by atoms with Crippen molar-refractivity contribution in [1.29, 1.82) is 0 Å². The summed E-state index contributed by atoms with van der Waals surface area (Å²) in [6, 6.07) is 4.00. The topological polar surface area (TPSA) is 99.3 Å². The van der Waals surface area contributed by atoms with Gasteiger partial charge in [0.15, 0.2) is 5.78 Å². The lowest BCUT2D eigenvalue weighted by Gasteiger charge is -2.03. The predicted molar refractivity (Wildman–Crippen MR) is 94.4 cm³/mol. The number of Topliss-reactive ketones (excluding diaryl/α,β-unsaturated/α-hetero) is 1. The van der Waals surface area contributed by atoms with E-state index in [0.29, 0.717) is 33.8 Å². The fourth-order valence-electron chi connectivity index (χ4n) is 3.24. The van der Waals surface area contributed by atoms with Gasteiger partial charge in [0.05, 0.1) is 5.57 Å². The lowest BCUT2D eigenvalue weighted by molar-refractivity contribution is -0.137. The molecule has 0 aliphatic carbocycles. The molecule has 3 N–H and O–H groups in total. The lowest BCUT2D eigenvalue weighted by atomic mass is 9.98. The predicted octanol–water partition coefficient (Wildman–Crippen LogP) is 3.17. The van der Waals surface area contributed by atoms with Gasteiger partial charge in [-0.05, 0) is 50.1 Å². The van der Waals surface area contributed by atoms with Crippen molar-refractivity contribution in [3.05, 3.63) is 52.1 Å². The minimum absolute atomic E-state index is 0.144. The molecule has 26 heavy (non-hydrogen) atoms. The molecule has 0 radical (unpaired) electrons. The smallest absolute Gasteiger partial charge is 0.303 e. The number of aromatic amines is 1. The average molecular weight is 356 g/mol. The molecule has 7 heteroatoms. The number of benzene rings is 1. The molecule has 0 unspecified atom stereocenters. The number of hydrogen-bond donors (Lipinski definition) is 3. The van der Waals surface area contributed by atoms with E-state index in [4.69, 9.17) is 5.11 Å². The van der Waals surface area contributed by atoms with Crippen LogP contribution in [0.25, 0.3) is 11.6 Å². The third-order valence-corrected chi connectivity index (χ3v) is 4.32. The van der Waals surface area contributed by atoms with Crippen LogP contribution in [0.1, 0.15) is 46.2 Å². The van der Waals surface area contributed by atoms with Gasteiger partial charge in [-0.25, -0.2) is 4.39 Å². The van der Waals surface area contributed by atoms with Crippen LogP contribution in [0.5, 0.6) is 0 Å². The summed E-state index contributed by atoms with van der Waals surface area (Å²) in [5.41, 5.74) is 3.24. The molecule has 0 saturated carbocycles. The molecule has 1 aliphatic heterocycles. The molecule has 3 rings (SSSR count). The number of carbonyl (C=O) groups is 3. The highest BCUT2D eigenvalue weighted by Gasteiger charge is 2.26. The summed E-state index contributed by atoms with van der Waals surface area (Å²) in [6.45, 7) is 3.12. The summed E-state index contributed by atoms with van der Waals surface area (Å²) >= 11 is 0. The minimum atomic E-state index is -0.983. The van der Waals surface area contributed by atoms with Crippen molar-refractivity contribution in [1.82, 2.24) is 4.98 Å². The van der Waals surface area contributed by atoms with Gasteiger partial charge in [0.2, 0.25) is 0 Å². The highest BCUT2D eigenvalue weighted by atomic mass is 19.1. The van der Waals surface area contributed by atoms with Crippen LogP contribution in [-0.4, -0.2) is 27.8 Å². The number of carbonyl (C=O) groups excluding carboxylic acids is 2. The SMILES string of the molecule is CC(=O)c1c(C)[nH]c(/C=C2\C(=O)Nc3ccc(F)cc32)c1CCC(=O)O. The number of halogens is 1.